The summed E-state index contributed by atoms with van der Waals surface area (Å²) in [6.07, 6.45) is 12.7. The molecular weight excluding hydrogens is 424 g/mol. The Morgan fingerprint density at radius 2 is 1.81 bits per heavy atom. The second-order valence-electron chi connectivity index (χ2n) is 7.78. The van der Waals surface area contributed by atoms with Gasteiger partial charge < -0.3 is 9.64 Å². The predicted molar refractivity (Wildman–Crippen MR) is 124 cm³/mol. The molecular formula is C25H26N2O4S. The van der Waals surface area contributed by atoms with Crippen molar-refractivity contribution >= 4 is 29.2 Å². The molecule has 32 heavy (non-hydrogen) atoms. The molecule has 2 aliphatic carbocycles. The van der Waals surface area contributed by atoms with E-state index in [1.165, 1.54) is 11.8 Å². The van der Waals surface area contributed by atoms with Crippen molar-refractivity contribution in [2.24, 2.45) is 0 Å². The molecule has 2 aliphatic heterocycles. The van der Waals surface area contributed by atoms with Crippen LogP contribution in [0.1, 0.15) is 43.5 Å². The lowest BCUT2D eigenvalue weighted by Gasteiger charge is -2.45. The number of amides is 1. The highest BCUT2D eigenvalue weighted by Crippen LogP contribution is 2.47. The van der Waals surface area contributed by atoms with Crippen molar-refractivity contribution < 1.29 is 19.1 Å². The Hall–Kier alpha value is -2.93. The fraction of sp³-hybridized carbons (Fsp3) is 0.360. The molecule has 0 atom stereocenters. The van der Waals surface area contributed by atoms with Crippen LogP contribution in [-0.4, -0.2) is 51.8 Å². The Kier molecular flexibility index (Phi) is 6.46. The van der Waals surface area contributed by atoms with Gasteiger partial charge in [0.15, 0.2) is 0 Å². The summed E-state index contributed by atoms with van der Waals surface area (Å²) in [6.45, 7) is 5.16. The van der Waals surface area contributed by atoms with Gasteiger partial charge in [-0.2, -0.15) is 0 Å². The number of hydrogen-bond donors (Lipinski definition) is 0. The number of aromatic nitrogens is 1. The van der Waals surface area contributed by atoms with E-state index in [2.05, 4.69) is 4.98 Å². The van der Waals surface area contributed by atoms with E-state index < -0.39 is 17.2 Å². The lowest BCUT2D eigenvalue weighted by atomic mass is 9.88. The van der Waals surface area contributed by atoms with Crippen LogP contribution >= 0.6 is 11.8 Å². The molecule has 1 aromatic heterocycles. The molecule has 166 valence electrons. The third kappa shape index (κ3) is 3.97. The van der Waals surface area contributed by atoms with Crippen molar-refractivity contribution in [1.82, 2.24) is 9.88 Å². The number of rotatable bonds is 1. The van der Waals surface area contributed by atoms with Crippen molar-refractivity contribution in [2.75, 3.05) is 18.8 Å². The molecule has 0 N–H and O–H groups in total. The van der Waals surface area contributed by atoms with Gasteiger partial charge in [-0.15, -0.1) is 11.8 Å². The monoisotopic (exact) mass is 450 g/mol. The zero-order valence-corrected chi connectivity index (χ0v) is 19.1. The molecule has 0 aromatic carbocycles. The largest absolute Gasteiger partial charge is 0.484 e. The molecule has 4 aliphatic rings. The van der Waals surface area contributed by atoms with Crippen LogP contribution in [0.25, 0.3) is 0 Å². The topological polar surface area (TPSA) is 76.6 Å². The zero-order chi connectivity index (χ0) is 22.7. The average Bonchev–Trinajstić information content (AvgIpc) is 3.11. The molecule has 0 unspecified atom stereocenters. The van der Waals surface area contributed by atoms with Gasteiger partial charge in [-0.1, -0.05) is 38.2 Å². The second kappa shape index (κ2) is 9.28. The highest BCUT2D eigenvalue weighted by molar-refractivity contribution is 8.04. The van der Waals surface area contributed by atoms with Crippen LogP contribution in [0.15, 0.2) is 70.6 Å². The van der Waals surface area contributed by atoms with Gasteiger partial charge in [0.2, 0.25) is 11.6 Å². The quantitative estimate of drug-likeness (QED) is 0.602. The number of piperidine rings is 1. The first-order chi connectivity index (χ1) is 15.6. The number of thioether (sulfide) groups is 1. The van der Waals surface area contributed by atoms with Crippen molar-refractivity contribution in [2.45, 2.75) is 38.7 Å². The van der Waals surface area contributed by atoms with E-state index in [9.17, 15) is 14.4 Å². The van der Waals surface area contributed by atoms with Crippen molar-refractivity contribution in [3.63, 3.8) is 0 Å². The number of likely N-dealkylation sites (tertiary alicyclic amines) is 1. The zero-order valence-electron chi connectivity index (χ0n) is 18.3. The molecule has 1 fully saturated rings. The fourth-order valence-electron chi connectivity index (χ4n) is 4.22. The smallest absolute Gasteiger partial charge is 0.253 e. The summed E-state index contributed by atoms with van der Waals surface area (Å²) in [5.74, 6) is 0.206. The summed E-state index contributed by atoms with van der Waals surface area (Å²) in [5, 5.41) is 0. The lowest BCUT2D eigenvalue weighted by molar-refractivity contribution is -0.132. The Labute approximate surface area is 192 Å². The molecule has 0 radical (unpaired) electrons. The van der Waals surface area contributed by atoms with E-state index in [0.29, 0.717) is 65.5 Å². The number of pyridine rings is 1. The van der Waals surface area contributed by atoms with Gasteiger partial charge in [-0.05, 0) is 18.6 Å². The first-order valence-electron chi connectivity index (χ1n) is 11.0. The van der Waals surface area contributed by atoms with Crippen LogP contribution in [0.2, 0.25) is 0 Å². The van der Waals surface area contributed by atoms with Crippen LogP contribution in [0.4, 0.5) is 0 Å². The Morgan fingerprint density at radius 3 is 2.53 bits per heavy atom. The van der Waals surface area contributed by atoms with E-state index in [4.69, 9.17) is 4.74 Å². The number of hydrogen-bond acceptors (Lipinski definition) is 6. The maximum Gasteiger partial charge on any atom is 0.253 e. The van der Waals surface area contributed by atoms with E-state index in [0.717, 1.165) is 0 Å². The summed E-state index contributed by atoms with van der Waals surface area (Å²) >= 11 is 1.41. The molecule has 0 saturated carbocycles. The summed E-state index contributed by atoms with van der Waals surface area (Å²) in [7, 11) is 0. The number of nitrogens with zero attached hydrogens (tertiary/aromatic N) is 2. The molecule has 3 heterocycles. The van der Waals surface area contributed by atoms with Crippen LogP contribution in [-0.2, 0) is 14.3 Å². The number of carbonyl (C=O) groups excluding carboxylic acids is 3. The van der Waals surface area contributed by atoms with E-state index in [1.807, 2.05) is 37.0 Å². The van der Waals surface area contributed by atoms with Gasteiger partial charge in [0.05, 0.1) is 0 Å². The molecule has 0 bridgehead atoms. The highest BCUT2D eigenvalue weighted by Gasteiger charge is 2.47. The maximum atomic E-state index is 12.7. The maximum absolute atomic E-state index is 12.7. The third-order valence-electron chi connectivity index (χ3n) is 5.94. The SMILES string of the molecule is CC.O=C1C(=O)C2=C(OC3(CCN(C(=O)c4ccncc4)CC3)CS2)C2=CC=CCC=C12. The Bertz CT molecular complexity index is 1060. The average molecular weight is 451 g/mol. The summed E-state index contributed by atoms with van der Waals surface area (Å²) < 4.78 is 6.49. The fourth-order valence-corrected chi connectivity index (χ4v) is 5.48. The van der Waals surface area contributed by atoms with Gasteiger partial charge in [-0.3, -0.25) is 19.4 Å². The number of allylic oxidation sites excluding steroid dienone is 6. The number of fused-ring (bicyclic) bond motifs is 2. The van der Waals surface area contributed by atoms with Crippen LogP contribution in [0, 0.1) is 0 Å². The van der Waals surface area contributed by atoms with Gasteiger partial charge in [0.1, 0.15) is 16.3 Å². The van der Waals surface area contributed by atoms with Gasteiger partial charge in [-0.25, -0.2) is 0 Å². The van der Waals surface area contributed by atoms with Gasteiger partial charge in [0.25, 0.3) is 5.91 Å². The number of carbonyl (C=O) groups is 3. The van der Waals surface area contributed by atoms with Gasteiger partial charge in [0, 0.05) is 60.8 Å². The summed E-state index contributed by atoms with van der Waals surface area (Å²) in [4.78, 5) is 44.2. The molecule has 7 heteroatoms. The Balaban J connectivity index is 0.00000119. The first-order valence-corrected chi connectivity index (χ1v) is 12.0. The van der Waals surface area contributed by atoms with E-state index in [1.54, 1.807) is 30.6 Å². The van der Waals surface area contributed by atoms with Crippen molar-refractivity contribution in [3.8, 4) is 0 Å². The third-order valence-corrected chi connectivity index (χ3v) is 7.27. The minimum Gasteiger partial charge on any atom is -0.484 e. The van der Waals surface area contributed by atoms with Crippen molar-refractivity contribution in [1.29, 1.82) is 0 Å². The Morgan fingerprint density at radius 1 is 1.09 bits per heavy atom. The number of ketones is 2. The lowest BCUT2D eigenvalue weighted by Crippen LogP contribution is -2.51. The standard InChI is InChI=1S/C23H20N2O4S.C2H6/c26-18-16-4-2-1-3-5-17(16)20-21(19(18)27)30-14-23(29-20)8-12-25(13-9-23)22(28)15-6-10-24-11-7-15;1-2/h1,3-7,10-11H,2,8-9,12-14H2;1-2H3. The minimum atomic E-state index is -0.472. The van der Waals surface area contributed by atoms with E-state index >= 15 is 0 Å². The summed E-state index contributed by atoms with van der Waals surface area (Å²) in [5.41, 5.74) is 1.32. The first kappa shape index (κ1) is 22.3. The summed E-state index contributed by atoms with van der Waals surface area (Å²) in [6, 6.07) is 3.45. The highest BCUT2D eigenvalue weighted by atomic mass is 32.2. The molecule has 5 rings (SSSR count). The van der Waals surface area contributed by atoms with Crippen LogP contribution < -0.4 is 0 Å². The second-order valence-corrected chi connectivity index (χ2v) is 8.77. The molecule has 1 aromatic rings. The molecule has 1 spiro atoms. The van der Waals surface area contributed by atoms with E-state index in [-0.39, 0.29) is 5.91 Å². The molecule has 6 nitrogen and oxygen atoms in total. The van der Waals surface area contributed by atoms with Crippen molar-refractivity contribution in [3.05, 3.63) is 76.2 Å². The minimum absolute atomic E-state index is 0.00380. The number of ether oxygens (including phenoxy) is 1. The molecule has 1 amide bonds. The van der Waals surface area contributed by atoms with Crippen LogP contribution in [0.5, 0.6) is 0 Å². The van der Waals surface area contributed by atoms with Gasteiger partial charge >= 0.3 is 0 Å². The number of Topliss-reactive ketones (excluding diaryl/α,β-unsaturated/α-hetero) is 2. The van der Waals surface area contributed by atoms with Crippen LogP contribution in [0.3, 0.4) is 0 Å². The predicted octanol–water partition coefficient (Wildman–Crippen LogP) is 4.02. The normalized spacial score (nSPS) is 21.4. The molecule has 1 saturated heterocycles.